The minimum Gasteiger partial charge on any atom is -0.216 e. The Kier molecular flexibility index (Phi) is 2.42. The van der Waals surface area contributed by atoms with Gasteiger partial charge in [0.1, 0.15) is 0 Å². The lowest BCUT2D eigenvalue weighted by Gasteiger charge is -1.99. The minimum atomic E-state index is 0.185. The summed E-state index contributed by atoms with van der Waals surface area (Å²) < 4.78 is 2.03. The summed E-state index contributed by atoms with van der Waals surface area (Å²) in [6, 6.07) is 12.4. The summed E-state index contributed by atoms with van der Waals surface area (Å²) in [6.07, 6.45) is 0. The Morgan fingerprint density at radius 2 is 1.79 bits per heavy atom. The van der Waals surface area contributed by atoms with Gasteiger partial charge in [0, 0.05) is 10.1 Å². The van der Waals surface area contributed by atoms with Crippen molar-refractivity contribution in [1.82, 2.24) is 9.97 Å². The van der Waals surface area contributed by atoms with Gasteiger partial charge in [-0.25, -0.2) is 9.97 Å². The lowest BCUT2D eigenvalue weighted by molar-refractivity contribution is 1.23. The molecule has 0 aliphatic heterocycles. The third-order valence-electron chi connectivity index (χ3n) is 3.14. The molecule has 2 aromatic carbocycles. The van der Waals surface area contributed by atoms with Crippen LogP contribution in [0.15, 0.2) is 36.4 Å². The SMILES string of the molecule is Clc1nc(Cl)c2sc3ccc4ccccc4c3c2n1. The number of hydrogen-bond donors (Lipinski definition) is 0. The first-order chi connectivity index (χ1) is 9.24. The highest BCUT2D eigenvalue weighted by atomic mass is 35.5. The molecule has 0 aliphatic carbocycles. The molecule has 0 unspecified atom stereocenters. The van der Waals surface area contributed by atoms with Crippen molar-refractivity contribution in [3.8, 4) is 0 Å². The number of benzene rings is 2. The van der Waals surface area contributed by atoms with E-state index in [9.17, 15) is 0 Å². The van der Waals surface area contributed by atoms with Crippen molar-refractivity contribution in [3.63, 3.8) is 0 Å². The molecule has 4 rings (SSSR count). The lowest BCUT2D eigenvalue weighted by atomic mass is 10.1. The second-order valence-corrected chi connectivity index (χ2v) is 5.97. The van der Waals surface area contributed by atoms with Crippen molar-refractivity contribution >= 4 is 65.6 Å². The van der Waals surface area contributed by atoms with Gasteiger partial charge in [0.2, 0.25) is 5.28 Å². The Morgan fingerprint density at radius 3 is 2.68 bits per heavy atom. The molecule has 0 amide bonds. The van der Waals surface area contributed by atoms with E-state index in [2.05, 4.69) is 34.2 Å². The summed E-state index contributed by atoms with van der Waals surface area (Å²) >= 11 is 13.7. The Morgan fingerprint density at radius 1 is 0.947 bits per heavy atom. The highest BCUT2D eigenvalue weighted by Crippen LogP contribution is 2.40. The number of fused-ring (bicyclic) bond motifs is 5. The third-order valence-corrected chi connectivity index (χ3v) is 4.84. The zero-order valence-corrected chi connectivity index (χ0v) is 11.9. The first kappa shape index (κ1) is 11.4. The standard InChI is InChI=1S/C14H6Cl2N2S/c15-13-12-11(17-14(16)18-13)10-8-4-2-1-3-7(8)5-6-9(10)19-12/h1-6H. The van der Waals surface area contributed by atoms with E-state index in [-0.39, 0.29) is 5.28 Å². The highest BCUT2D eigenvalue weighted by molar-refractivity contribution is 7.26. The predicted molar refractivity (Wildman–Crippen MR) is 82.4 cm³/mol. The molecule has 0 saturated carbocycles. The van der Waals surface area contributed by atoms with Gasteiger partial charge in [-0.1, -0.05) is 41.9 Å². The summed E-state index contributed by atoms with van der Waals surface area (Å²) in [5.74, 6) is 0. The molecule has 0 saturated heterocycles. The van der Waals surface area contributed by atoms with Crippen molar-refractivity contribution in [2.75, 3.05) is 0 Å². The van der Waals surface area contributed by atoms with Crippen LogP contribution in [0.3, 0.4) is 0 Å². The normalized spacial score (nSPS) is 11.7. The first-order valence-electron chi connectivity index (χ1n) is 5.67. The highest BCUT2D eigenvalue weighted by Gasteiger charge is 2.14. The van der Waals surface area contributed by atoms with Gasteiger partial charge in [-0.15, -0.1) is 11.3 Å². The Labute approximate surface area is 122 Å². The van der Waals surface area contributed by atoms with E-state index in [1.807, 2.05) is 12.1 Å². The van der Waals surface area contributed by atoms with Gasteiger partial charge < -0.3 is 0 Å². The maximum Gasteiger partial charge on any atom is 0.224 e. The summed E-state index contributed by atoms with van der Waals surface area (Å²) in [4.78, 5) is 8.36. The maximum atomic E-state index is 6.16. The van der Waals surface area contributed by atoms with Crippen LogP contribution in [0.5, 0.6) is 0 Å². The molecule has 0 atom stereocenters. The van der Waals surface area contributed by atoms with Crippen LogP contribution in [0.4, 0.5) is 0 Å². The molecule has 4 aromatic rings. The molecule has 5 heteroatoms. The monoisotopic (exact) mass is 304 g/mol. The van der Waals surface area contributed by atoms with Gasteiger partial charge in [-0.2, -0.15) is 0 Å². The fourth-order valence-corrected chi connectivity index (χ4v) is 3.88. The maximum absolute atomic E-state index is 6.16. The van der Waals surface area contributed by atoms with E-state index in [0.717, 1.165) is 25.7 Å². The van der Waals surface area contributed by atoms with Crippen molar-refractivity contribution in [3.05, 3.63) is 46.8 Å². The van der Waals surface area contributed by atoms with Gasteiger partial charge in [-0.05, 0) is 28.4 Å². The average molecular weight is 305 g/mol. The average Bonchev–Trinajstić information content (AvgIpc) is 2.78. The molecule has 0 N–H and O–H groups in total. The molecule has 0 radical (unpaired) electrons. The fourth-order valence-electron chi connectivity index (χ4n) is 2.35. The van der Waals surface area contributed by atoms with Crippen molar-refractivity contribution < 1.29 is 0 Å². The Balaban J connectivity index is 2.35. The van der Waals surface area contributed by atoms with E-state index in [1.165, 1.54) is 5.39 Å². The van der Waals surface area contributed by atoms with Crippen LogP contribution in [0.1, 0.15) is 0 Å². The van der Waals surface area contributed by atoms with Crippen LogP contribution in [-0.4, -0.2) is 9.97 Å². The molecular formula is C14H6Cl2N2S. The number of rotatable bonds is 0. The molecule has 92 valence electrons. The third kappa shape index (κ3) is 1.62. The zero-order chi connectivity index (χ0) is 13.0. The molecule has 2 heterocycles. The summed E-state index contributed by atoms with van der Waals surface area (Å²) in [5, 5.41) is 4.05. The molecule has 19 heavy (non-hydrogen) atoms. The van der Waals surface area contributed by atoms with Crippen molar-refractivity contribution in [1.29, 1.82) is 0 Å². The summed E-state index contributed by atoms with van der Waals surface area (Å²) in [5.41, 5.74) is 0.835. The number of hydrogen-bond acceptors (Lipinski definition) is 3. The molecule has 0 aliphatic rings. The van der Waals surface area contributed by atoms with Crippen LogP contribution < -0.4 is 0 Å². The molecule has 0 spiro atoms. The smallest absolute Gasteiger partial charge is 0.216 e. The topological polar surface area (TPSA) is 25.8 Å². The number of thiophene rings is 1. The summed E-state index contributed by atoms with van der Waals surface area (Å²) in [6.45, 7) is 0. The largest absolute Gasteiger partial charge is 0.224 e. The Hall–Kier alpha value is -1.42. The summed E-state index contributed by atoms with van der Waals surface area (Å²) in [7, 11) is 0. The van der Waals surface area contributed by atoms with Crippen molar-refractivity contribution in [2.24, 2.45) is 0 Å². The van der Waals surface area contributed by atoms with E-state index >= 15 is 0 Å². The molecule has 2 nitrogen and oxygen atoms in total. The number of aromatic nitrogens is 2. The van der Waals surface area contributed by atoms with Gasteiger partial charge in [-0.3, -0.25) is 0 Å². The first-order valence-corrected chi connectivity index (χ1v) is 7.24. The number of nitrogens with zero attached hydrogens (tertiary/aromatic N) is 2. The van der Waals surface area contributed by atoms with E-state index in [4.69, 9.17) is 23.2 Å². The van der Waals surface area contributed by atoms with Gasteiger partial charge in [0.05, 0.1) is 10.2 Å². The molecule has 0 fully saturated rings. The van der Waals surface area contributed by atoms with E-state index < -0.39 is 0 Å². The predicted octanol–water partition coefficient (Wildman–Crippen LogP) is 5.30. The second kappa shape index (κ2) is 4.04. The Bertz CT molecular complexity index is 946. The molecule has 2 aromatic heterocycles. The van der Waals surface area contributed by atoms with E-state index in [1.54, 1.807) is 11.3 Å². The number of halogens is 2. The van der Waals surface area contributed by atoms with Crippen molar-refractivity contribution in [2.45, 2.75) is 0 Å². The van der Waals surface area contributed by atoms with E-state index in [0.29, 0.717) is 5.15 Å². The quantitative estimate of drug-likeness (QED) is 0.325. The van der Waals surface area contributed by atoms with Crippen LogP contribution in [-0.2, 0) is 0 Å². The second-order valence-electron chi connectivity index (χ2n) is 4.22. The van der Waals surface area contributed by atoms with Crippen LogP contribution in [0.2, 0.25) is 10.4 Å². The molecule has 0 bridgehead atoms. The van der Waals surface area contributed by atoms with Gasteiger partial charge in [0.15, 0.2) is 5.15 Å². The zero-order valence-electron chi connectivity index (χ0n) is 9.52. The van der Waals surface area contributed by atoms with Crippen LogP contribution in [0.25, 0.3) is 31.1 Å². The van der Waals surface area contributed by atoms with Crippen LogP contribution in [0, 0.1) is 0 Å². The van der Waals surface area contributed by atoms with Gasteiger partial charge in [0.25, 0.3) is 0 Å². The van der Waals surface area contributed by atoms with Crippen LogP contribution >= 0.6 is 34.5 Å². The fraction of sp³-hybridized carbons (Fsp3) is 0. The molecular weight excluding hydrogens is 299 g/mol. The van der Waals surface area contributed by atoms with Gasteiger partial charge >= 0.3 is 0 Å². The lowest BCUT2D eigenvalue weighted by Crippen LogP contribution is -1.83. The minimum absolute atomic E-state index is 0.185.